The van der Waals surface area contributed by atoms with Gasteiger partial charge < -0.3 is 4.90 Å². The van der Waals surface area contributed by atoms with Gasteiger partial charge in [0.05, 0.1) is 6.26 Å². The van der Waals surface area contributed by atoms with Gasteiger partial charge in [0.15, 0.2) is 5.65 Å². The van der Waals surface area contributed by atoms with Gasteiger partial charge in [0, 0.05) is 61.0 Å². The van der Waals surface area contributed by atoms with Crippen molar-refractivity contribution < 1.29 is 13.2 Å². The van der Waals surface area contributed by atoms with Crippen molar-refractivity contribution in [2.24, 2.45) is 5.92 Å². The Morgan fingerprint density at radius 3 is 2.53 bits per heavy atom. The molecule has 30 heavy (non-hydrogen) atoms. The van der Waals surface area contributed by atoms with Crippen LogP contribution in [0.25, 0.3) is 5.65 Å². The van der Waals surface area contributed by atoms with Gasteiger partial charge in [-0.2, -0.15) is 0 Å². The Kier molecular flexibility index (Phi) is 5.48. The minimum Gasteiger partial charge on any atom is -0.342 e. The molecular weight excluding hydrogens is 406 g/mol. The number of sulfonamides is 1. The standard InChI is InChI=1S/C20H29N5O4S/c1-13-14(2)21-18-11-17(22-25(18)19(13)26)16-5-4-8-23(12-16)20(27)15-6-9-24(10-7-15)30(3,28)29/h11,15-16,22H,4-10,12H2,1-3H3/t16-/m1/s1. The Hall–Kier alpha value is -2.20. The fraction of sp³-hybridized carbons (Fsp3) is 0.650. The van der Waals surface area contributed by atoms with E-state index in [1.165, 1.54) is 15.1 Å². The molecule has 10 heteroatoms. The third-order valence-electron chi connectivity index (χ3n) is 6.55. The molecule has 1 atom stereocenters. The van der Waals surface area contributed by atoms with E-state index in [9.17, 15) is 18.0 Å². The molecule has 164 valence electrons. The fourth-order valence-corrected chi connectivity index (χ4v) is 5.44. The van der Waals surface area contributed by atoms with Crippen molar-refractivity contribution in [2.75, 3.05) is 32.4 Å². The van der Waals surface area contributed by atoms with Crippen LogP contribution in [0.2, 0.25) is 0 Å². The minimum atomic E-state index is -3.20. The number of fused-ring (bicyclic) bond motifs is 1. The molecule has 1 amide bonds. The molecule has 0 radical (unpaired) electrons. The number of nitrogens with one attached hydrogen (secondary N) is 1. The number of likely N-dealkylation sites (tertiary alicyclic amines) is 1. The summed E-state index contributed by atoms with van der Waals surface area (Å²) in [4.78, 5) is 32.0. The molecule has 0 aliphatic carbocycles. The average molecular weight is 436 g/mol. The van der Waals surface area contributed by atoms with E-state index < -0.39 is 10.0 Å². The van der Waals surface area contributed by atoms with E-state index in [0.717, 1.165) is 30.8 Å². The highest BCUT2D eigenvalue weighted by molar-refractivity contribution is 7.88. The van der Waals surface area contributed by atoms with Gasteiger partial charge in [-0.25, -0.2) is 22.2 Å². The lowest BCUT2D eigenvalue weighted by Gasteiger charge is -2.37. The lowest BCUT2D eigenvalue weighted by molar-refractivity contribution is -0.138. The number of aryl methyl sites for hydroxylation is 1. The quantitative estimate of drug-likeness (QED) is 0.774. The summed E-state index contributed by atoms with van der Waals surface area (Å²) in [6, 6.07) is 1.91. The lowest BCUT2D eigenvalue weighted by atomic mass is 9.91. The molecule has 2 fully saturated rings. The number of carbonyl (C=O) groups excluding carboxylic acids is 1. The molecule has 2 aliphatic rings. The van der Waals surface area contributed by atoms with Crippen molar-refractivity contribution in [1.82, 2.24) is 23.8 Å². The molecule has 0 spiro atoms. The number of hydrogen-bond donors (Lipinski definition) is 1. The van der Waals surface area contributed by atoms with Gasteiger partial charge in [-0.15, -0.1) is 0 Å². The molecule has 2 aromatic heterocycles. The van der Waals surface area contributed by atoms with Crippen LogP contribution in [0.5, 0.6) is 0 Å². The van der Waals surface area contributed by atoms with Gasteiger partial charge in [0.25, 0.3) is 5.56 Å². The summed E-state index contributed by atoms with van der Waals surface area (Å²) >= 11 is 0. The van der Waals surface area contributed by atoms with Crippen molar-refractivity contribution in [3.63, 3.8) is 0 Å². The van der Waals surface area contributed by atoms with Crippen LogP contribution in [0.4, 0.5) is 0 Å². The zero-order chi connectivity index (χ0) is 21.6. The molecular formula is C20H29N5O4S. The van der Waals surface area contributed by atoms with Crippen molar-refractivity contribution in [3.05, 3.63) is 33.4 Å². The third kappa shape index (κ3) is 3.90. The van der Waals surface area contributed by atoms with Gasteiger partial charge in [-0.1, -0.05) is 0 Å². The summed E-state index contributed by atoms with van der Waals surface area (Å²) in [5.41, 5.74) is 2.79. The molecule has 2 aliphatic heterocycles. The highest BCUT2D eigenvalue weighted by Crippen LogP contribution is 2.29. The van der Waals surface area contributed by atoms with Crippen LogP contribution in [0.15, 0.2) is 10.9 Å². The van der Waals surface area contributed by atoms with E-state index in [1.54, 1.807) is 6.92 Å². The first-order valence-electron chi connectivity index (χ1n) is 10.5. The number of hydrogen-bond acceptors (Lipinski definition) is 5. The maximum atomic E-state index is 13.1. The highest BCUT2D eigenvalue weighted by Gasteiger charge is 2.34. The molecule has 4 rings (SSSR count). The van der Waals surface area contributed by atoms with E-state index in [-0.39, 0.29) is 23.3 Å². The van der Waals surface area contributed by atoms with Gasteiger partial charge >= 0.3 is 0 Å². The minimum absolute atomic E-state index is 0.0925. The normalized spacial score (nSPS) is 22.0. The van der Waals surface area contributed by atoms with Gasteiger partial charge in [0.2, 0.25) is 15.9 Å². The summed E-state index contributed by atoms with van der Waals surface area (Å²) < 4.78 is 26.3. The van der Waals surface area contributed by atoms with Crippen LogP contribution >= 0.6 is 0 Å². The molecule has 0 aromatic carbocycles. The molecule has 0 saturated carbocycles. The van der Waals surface area contributed by atoms with E-state index in [4.69, 9.17) is 0 Å². The lowest BCUT2D eigenvalue weighted by Crippen LogP contribution is -2.46. The summed E-state index contributed by atoms with van der Waals surface area (Å²) in [5.74, 6) is 0.116. The number of H-pyrrole nitrogens is 1. The highest BCUT2D eigenvalue weighted by atomic mass is 32.2. The van der Waals surface area contributed by atoms with Crippen molar-refractivity contribution in [2.45, 2.75) is 45.4 Å². The Balaban J connectivity index is 1.47. The van der Waals surface area contributed by atoms with Gasteiger partial charge in [0.1, 0.15) is 0 Å². The van der Waals surface area contributed by atoms with Crippen LogP contribution in [-0.2, 0) is 14.8 Å². The second kappa shape index (κ2) is 7.81. The molecule has 2 aromatic rings. The first-order chi connectivity index (χ1) is 14.1. The Morgan fingerprint density at radius 2 is 1.87 bits per heavy atom. The molecule has 0 bridgehead atoms. The van der Waals surface area contributed by atoms with Crippen molar-refractivity contribution in [1.29, 1.82) is 0 Å². The van der Waals surface area contributed by atoms with Crippen molar-refractivity contribution >= 4 is 21.6 Å². The number of carbonyl (C=O) groups is 1. The van der Waals surface area contributed by atoms with E-state index in [0.29, 0.717) is 43.7 Å². The first kappa shape index (κ1) is 21.0. The molecule has 0 unspecified atom stereocenters. The summed E-state index contributed by atoms with van der Waals surface area (Å²) in [7, 11) is -3.20. The average Bonchev–Trinajstić information content (AvgIpc) is 3.15. The Labute approximate surface area is 176 Å². The summed E-state index contributed by atoms with van der Waals surface area (Å²) in [6.07, 6.45) is 4.19. The van der Waals surface area contributed by atoms with Crippen LogP contribution in [0, 0.1) is 19.8 Å². The summed E-state index contributed by atoms with van der Waals surface area (Å²) in [6.45, 7) is 5.74. The Morgan fingerprint density at radius 1 is 1.17 bits per heavy atom. The van der Waals surface area contributed by atoms with E-state index in [1.807, 2.05) is 17.9 Å². The zero-order valence-corrected chi connectivity index (χ0v) is 18.5. The summed E-state index contributed by atoms with van der Waals surface area (Å²) in [5, 5.41) is 3.19. The number of piperidine rings is 2. The van der Waals surface area contributed by atoms with E-state index >= 15 is 0 Å². The second-order valence-corrected chi connectivity index (χ2v) is 10.6. The number of aromatic nitrogens is 3. The topological polar surface area (TPSA) is 108 Å². The smallest absolute Gasteiger partial charge is 0.275 e. The van der Waals surface area contributed by atoms with Crippen molar-refractivity contribution in [3.8, 4) is 0 Å². The van der Waals surface area contributed by atoms with Gasteiger partial charge in [-0.05, 0) is 39.5 Å². The maximum Gasteiger partial charge on any atom is 0.275 e. The Bertz CT molecular complexity index is 1130. The maximum absolute atomic E-state index is 13.1. The molecule has 4 heterocycles. The second-order valence-electron chi connectivity index (χ2n) is 8.59. The van der Waals surface area contributed by atoms with Crippen LogP contribution in [-0.4, -0.2) is 70.6 Å². The first-order valence-corrected chi connectivity index (χ1v) is 12.3. The van der Waals surface area contributed by atoms with Crippen LogP contribution in [0.1, 0.15) is 48.6 Å². The number of amides is 1. The predicted octanol–water partition coefficient (Wildman–Crippen LogP) is 1.02. The molecule has 2 saturated heterocycles. The number of nitrogens with zero attached hydrogens (tertiary/aromatic N) is 4. The third-order valence-corrected chi connectivity index (χ3v) is 7.85. The van der Waals surface area contributed by atoms with Crippen LogP contribution < -0.4 is 5.56 Å². The monoisotopic (exact) mass is 435 g/mol. The largest absolute Gasteiger partial charge is 0.342 e. The molecule has 1 N–H and O–H groups in total. The predicted molar refractivity (Wildman–Crippen MR) is 113 cm³/mol. The zero-order valence-electron chi connectivity index (χ0n) is 17.7. The van der Waals surface area contributed by atoms with Gasteiger partial charge in [-0.3, -0.25) is 14.7 Å². The number of aromatic amines is 1. The molecule has 9 nitrogen and oxygen atoms in total. The van der Waals surface area contributed by atoms with Crippen LogP contribution in [0.3, 0.4) is 0 Å². The SMILES string of the molecule is Cc1nc2cc([C@@H]3CCCN(C(=O)C4CCN(S(C)(=O)=O)CC4)C3)[nH]n2c(=O)c1C. The van der Waals surface area contributed by atoms with E-state index in [2.05, 4.69) is 10.1 Å². The number of rotatable bonds is 3. The fourth-order valence-electron chi connectivity index (χ4n) is 4.57.